The average molecular weight is 325 g/mol. The van der Waals surface area contributed by atoms with Crippen LogP contribution in [0.15, 0.2) is 41.5 Å². The Morgan fingerprint density at radius 3 is 2.79 bits per heavy atom. The highest BCUT2D eigenvalue weighted by molar-refractivity contribution is 5.74. The molecule has 0 saturated carbocycles. The molecule has 6 heteroatoms. The predicted molar refractivity (Wildman–Crippen MR) is 91.2 cm³/mol. The maximum Gasteiger partial charge on any atom is 0.335 e. The standard InChI is InChI=1S/C18H21N4O2/c1-21(2)18-16-13(10-19-20-18)11-22(24-4)15(23-3)9-12-7-5-6-8-14(12)17(16)22/h6,8-11H,5,7H2,1-4H3/q+1. The zero-order valence-corrected chi connectivity index (χ0v) is 14.4. The third-order valence-electron chi connectivity index (χ3n) is 4.76. The number of quaternary nitrogens is 1. The van der Waals surface area contributed by atoms with Crippen molar-refractivity contribution in [3.63, 3.8) is 0 Å². The van der Waals surface area contributed by atoms with Crippen LogP contribution in [0.25, 0.3) is 11.9 Å². The summed E-state index contributed by atoms with van der Waals surface area (Å²) in [7, 11) is 7.34. The van der Waals surface area contributed by atoms with Crippen LogP contribution in [-0.4, -0.2) is 43.2 Å². The van der Waals surface area contributed by atoms with Crippen LogP contribution < -0.4 is 15.3 Å². The van der Waals surface area contributed by atoms with Crippen LogP contribution in [-0.2, 0) is 9.57 Å². The summed E-state index contributed by atoms with van der Waals surface area (Å²) in [6, 6.07) is 0. The summed E-state index contributed by atoms with van der Waals surface area (Å²) in [6.07, 6.45) is 12.4. The SMILES string of the molecule is COC1=CC2=C(C=CCC2)C2=c3c(N(C)C)nncc3=C[N+]12OC. The van der Waals surface area contributed by atoms with E-state index in [0.29, 0.717) is 0 Å². The molecule has 1 aromatic heterocycles. The minimum atomic E-state index is 0.100. The maximum absolute atomic E-state index is 5.98. The first-order valence-electron chi connectivity index (χ1n) is 8.00. The Bertz CT molecular complexity index is 927. The van der Waals surface area contributed by atoms with Gasteiger partial charge in [0.15, 0.2) is 17.7 Å². The van der Waals surface area contributed by atoms with Crippen LogP contribution in [0.5, 0.6) is 0 Å². The summed E-state index contributed by atoms with van der Waals surface area (Å²) in [5.41, 5.74) is 3.52. The highest BCUT2D eigenvalue weighted by Crippen LogP contribution is 2.43. The molecule has 1 aromatic rings. The zero-order valence-electron chi connectivity index (χ0n) is 14.4. The van der Waals surface area contributed by atoms with E-state index in [0.717, 1.165) is 40.7 Å². The van der Waals surface area contributed by atoms with E-state index < -0.39 is 0 Å². The van der Waals surface area contributed by atoms with Crippen molar-refractivity contribution in [1.82, 2.24) is 10.2 Å². The number of hydrogen-bond donors (Lipinski definition) is 0. The second kappa shape index (κ2) is 5.29. The van der Waals surface area contributed by atoms with Crippen molar-refractivity contribution in [1.29, 1.82) is 0 Å². The first-order valence-corrected chi connectivity index (χ1v) is 8.00. The number of fused-ring (bicyclic) bond motifs is 3. The van der Waals surface area contributed by atoms with E-state index in [1.54, 1.807) is 20.4 Å². The molecule has 0 bridgehead atoms. The van der Waals surface area contributed by atoms with Gasteiger partial charge in [0.25, 0.3) is 0 Å². The van der Waals surface area contributed by atoms with Gasteiger partial charge in [-0.1, -0.05) is 16.8 Å². The molecular weight excluding hydrogens is 304 g/mol. The molecule has 6 nitrogen and oxygen atoms in total. The van der Waals surface area contributed by atoms with Gasteiger partial charge in [-0.05, 0) is 18.4 Å². The lowest BCUT2D eigenvalue weighted by Gasteiger charge is -2.34. The number of nitrogens with zero attached hydrogens (tertiary/aromatic N) is 4. The minimum absolute atomic E-state index is 0.100. The Morgan fingerprint density at radius 2 is 2.08 bits per heavy atom. The molecule has 0 radical (unpaired) electrons. The molecule has 1 atom stereocenters. The van der Waals surface area contributed by atoms with Crippen molar-refractivity contribution in [3.05, 3.63) is 51.9 Å². The van der Waals surface area contributed by atoms with Gasteiger partial charge in [-0.15, -0.1) is 5.10 Å². The van der Waals surface area contributed by atoms with Crippen LogP contribution >= 0.6 is 0 Å². The van der Waals surface area contributed by atoms with E-state index in [1.165, 1.54) is 11.1 Å². The smallest absolute Gasteiger partial charge is 0.335 e. The van der Waals surface area contributed by atoms with Crippen molar-refractivity contribution in [2.45, 2.75) is 12.8 Å². The Labute approximate surface area is 140 Å². The number of aromatic nitrogens is 2. The fourth-order valence-corrected chi connectivity index (χ4v) is 3.69. The molecular formula is C18H21N4O2+. The number of hydroxylamine groups is 3. The Hall–Kier alpha value is -2.44. The van der Waals surface area contributed by atoms with Crippen molar-refractivity contribution < 1.29 is 14.2 Å². The molecule has 3 aliphatic rings. The highest BCUT2D eigenvalue weighted by Gasteiger charge is 2.49. The molecule has 0 fully saturated rings. The van der Waals surface area contributed by atoms with Crippen LogP contribution in [0.4, 0.5) is 5.82 Å². The molecule has 124 valence electrons. The van der Waals surface area contributed by atoms with E-state index in [2.05, 4.69) is 28.4 Å². The number of methoxy groups -OCH3 is 1. The molecule has 3 heterocycles. The van der Waals surface area contributed by atoms with Crippen LogP contribution in [0, 0.1) is 0 Å². The molecule has 0 saturated heterocycles. The van der Waals surface area contributed by atoms with Crippen molar-refractivity contribution in [2.24, 2.45) is 0 Å². The van der Waals surface area contributed by atoms with Gasteiger partial charge in [0.1, 0.15) is 0 Å². The van der Waals surface area contributed by atoms with Crippen LogP contribution in [0.3, 0.4) is 0 Å². The summed E-state index contributed by atoms with van der Waals surface area (Å²) in [5.74, 6) is 1.58. The predicted octanol–water partition coefficient (Wildman–Crippen LogP) is 0.929. The molecule has 2 aliphatic heterocycles. The van der Waals surface area contributed by atoms with Crippen molar-refractivity contribution in [3.8, 4) is 0 Å². The summed E-state index contributed by atoms with van der Waals surface area (Å²) in [6.45, 7) is 0. The third-order valence-corrected chi connectivity index (χ3v) is 4.76. The van der Waals surface area contributed by atoms with Gasteiger partial charge in [0, 0.05) is 25.7 Å². The van der Waals surface area contributed by atoms with Gasteiger partial charge in [0.2, 0.25) is 0 Å². The topological polar surface area (TPSA) is 47.5 Å². The molecule has 0 spiro atoms. The Morgan fingerprint density at radius 1 is 1.25 bits per heavy atom. The molecule has 24 heavy (non-hydrogen) atoms. The highest BCUT2D eigenvalue weighted by atomic mass is 16.7. The van der Waals surface area contributed by atoms with E-state index in [-0.39, 0.29) is 4.65 Å². The molecule has 1 unspecified atom stereocenters. The Balaban J connectivity index is 2.18. The van der Waals surface area contributed by atoms with Gasteiger partial charge >= 0.3 is 5.88 Å². The quantitative estimate of drug-likeness (QED) is 0.774. The first kappa shape index (κ1) is 15.1. The molecule has 0 N–H and O–H groups in total. The van der Waals surface area contributed by atoms with Crippen LogP contribution in [0.1, 0.15) is 12.8 Å². The fourth-order valence-electron chi connectivity index (χ4n) is 3.69. The molecule has 1 aliphatic carbocycles. The van der Waals surface area contributed by atoms with Gasteiger partial charge in [0.05, 0.1) is 30.9 Å². The van der Waals surface area contributed by atoms with Gasteiger partial charge < -0.3 is 9.64 Å². The van der Waals surface area contributed by atoms with E-state index in [4.69, 9.17) is 9.57 Å². The second-order valence-electron chi connectivity index (χ2n) is 6.28. The van der Waals surface area contributed by atoms with E-state index in [9.17, 15) is 0 Å². The first-order chi connectivity index (χ1) is 11.6. The lowest BCUT2D eigenvalue weighted by Crippen LogP contribution is -2.42. The van der Waals surface area contributed by atoms with Gasteiger partial charge in [-0.25, -0.2) is 0 Å². The number of allylic oxidation sites excluding steroid dienone is 3. The summed E-state index contributed by atoms with van der Waals surface area (Å²) in [5, 5.41) is 10.6. The number of ether oxygens (including phenoxy) is 1. The Kier molecular flexibility index (Phi) is 3.33. The second-order valence-corrected chi connectivity index (χ2v) is 6.28. The molecule has 0 aromatic carbocycles. The zero-order chi connectivity index (χ0) is 16.9. The third kappa shape index (κ3) is 1.84. The molecule has 4 rings (SSSR count). The van der Waals surface area contributed by atoms with Crippen molar-refractivity contribution >= 4 is 17.7 Å². The average Bonchev–Trinajstić information content (AvgIpc) is 2.96. The minimum Gasteiger partial charge on any atom is -0.452 e. The van der Waals surface area contributed by atoms with E-state index in [1.807, 2.05) is 25.2 Å². The fraction of sp³-hybridized carbons (Fsp3) is 0.333. The summed E-state index contributed by atoms with van der Waals surface area (Å²) >= 11 is 0. The van der Waals surface area contributed by atoms with Crippen molar-refractivity contribution in [2.75, 3.05) is 33.2 Å². The monoisotopic (exact) mass is 325 g/mol. The number of hydrogen-bond acceptors (Lipinski definition) is 5. The lowest BCUT2D eigenvalue weighted by atomic mass is 9.91. The number of rotatable bonds is 3. The normalized spacial score (nSPS) is 24.0. The lowest BCUT2D eigenvalue weighted by molar-refractivity contribution is -0.962. The largest absolute Gasteiger partial charge is 0.452 e. The van der Waals surface area contributed by atoms with Gasteiger partial charge in [-0.3, -0.25) is 0 Å². The maximum atomic E-state index is 5.98. The van der Waals surface area contributed by atoms with Gasteiger partial charge in [-0.2, -0.15) is 9.94 Å². The number of anilines is 1. The van der Waals surface area contributed by atoms with E-state index >= 15 is 0 Å². The summed E-state index contributed by atoms with van der Waals surface area (Å²) in [4.78, 5) is 7.97. The summed E-state index contributed by atoms with van der Waals surface area (Å²) < 4.78 is 5.82. The van der Waals surface area contributed by atoms with Crippen LogP contribution in [0.2, 0.25) is 0 Å². The molecule has 0 amide bonds.